The van der Waals surface area contributed by atoms with Gasteiger partial charge in [-0.15, -0.1) is 0 Å². The number of amides is 3. The number of nitrogens with one attached hydrogen (secondary N) is 2. The maximum absolute atomic E-state index is 13.9. The number of benzene rings is 2. The Morgan fingerprint density at radius 3 is 2.58 bits per heavy atom. The molecule has 0 radical (unpaired) electrons. The number of rotatable bonds is 2. The van der Waals surface area contributed by atoms with Crippen LogP contribution in [0.15, 0.2) is 66.3 Å². The van der Waals surface area contributed by atoms with Gasteiger partial charge >= 0.3 is 0 Å². The lowest BCUT2D eigenvalue weighted by Gasteiger charge is -2.42. The van der Waals surface area contributed by atoms with Crippen LogP contribution in [-0.4, -0.2) is 48.9 Å². The van der Waals surface area contributed by atoms with E-state index in [9.17, 15) is 14.4 Å². The van der Waals surface area contributed by atoms with E-state index in [1.165, 1.54) is 0 Å². The van der Waals surface area contributed by atoms with Gasteiger partial charge < -0.3 is 30.1 Å². The number of nitrogens with zero attached hydrogens (tertiary/aromatic N) is 3. The molecule has 9 heteroatoms. The second-order valence-electron chi connectivity index (χ2n) is 11.7. The van der Waals surface area contributed by atoms with Gasteiger partial charge in [0.05, 0.1) is 22.8 Å². The van der Waals surface area contributed by atoms with Crippen molar-refractivity contribution in [1.82, 2.24) is 10.2 Å². The van der Waals surface area contributed by atoms with Crippen molar-refractivity contribution < 1.29 is 19.1 Å². The summed E-state index contributed by atoms with van der Waals surface area (Å²) in [5, 5.41) is 6.20. The first-order valence-corrected chi connectivity index (χ1v) is 14.3. The molecule has 2 N–H and O–H groups in total. The molecule has 6 heterocycles. The summed E-state index contributed by atoms with van der Waals surface area (Å²) in [7, 11) is 0. The molecule has 3 amide bonds. The van der Waals surface area contributed by atoms with Crippen molar-refractivity contribution in [2.24, 2.45) is 11.3 Å². The van der Waals surface area contributed by atoms with Crippen molar-refractivity contribution in [3.05, 3.63) is 77.4 Å². The lowest BCUT2D eigenvalue weighted by molar-refractivity contribution is -0.128. The molecule has 2 aromatic carbocycles. The van der Waals surface area contributed by atoms with Crippen LogP contribution in [0, 0.1) is 11.3 Å². The molecule has 0 saturated carbocycles. The van der Waals surface area contributed by atoms with Crippen molar-refractivity contribution in [3.63, 3.8) is 0 Å². The number of fused-ring (bicyclic) bond motifs is 6. The van der Waals surface area contributed by atoms with Crippen molar-refractivity contribution in [3.8, 4) is 0 Å². The van der Waals surface area contributed by atoms with Gasteiger partial charge in [-0.05, 0) is 61.9 Å². The zero-order valence-electron chi connectivity index (χ0n) is 22.2. The molecule has 2 unspecified atom stereocenters. The van der Waals surface area contributed by atoms with Gasteiger partial charge in [0.1, 0.15) is 5.70 Å². The second kappa shape index (κ2) is 8.69. The van der Waals surface area contributed by atoms with E-state index < -0.39 is 5.41 Å². The Balaban J connectivity index is 1.17. The van der Waals surface area contributed by atoms with E-state index in [2.05, 4.69) is 21.6 Å². The number of hydrogen-bond donors (Lipinski definition) is 2. The highest BCUT2D eigenvalue weighted by Crippen LogP contribution is 2.54. The third-order valence-corrected chi connectivity index (χ3v) is 9.70. The summed E-state index contributed by atoms with van der Waals surface area (Å²) in [6, 6.07) is 13.6. The Hall–Kier alpha value is -4.11. The molecule has 6 aliphatic heterocycles. The van der Waals surface area contributed by atoms with Gasteiger partial charge in [0.25, 0.3) is 11.8 Å². The Labute approximate surface area is 232 Å². The second-order valence-corrected chi connectivity index (χ2v) is 11.7. The number of carbonyl (C=O) groups excluding carboxylic acids is 3. The van der Waals surface area contributed by atoms with Crippen LogP contribution in [-0.2, 0) is 14.3 Å². The molecule has 0 bridgehead atoms. The van der Waals surface area contributed by atoms with E-state index in [0.29, 0.717) is 56.1 Å². The van der Waals surface area contributed by atoms with Crippen LogP contribution in [0.3, 0.4) is 0 Å². The topological polar surface area (TPSA) is 94.2 Å². The minimum Gasteiger partial charge on any atom is -0.381 e. The molecule has 204 valence electrons. The van der Waals surface area contributed by atoms with Gasteiger partial charge in [-0.1, -0.05) is 18.2 Å². The Kier molecular flexibility index (Phi) is 5.16. The fourth-order valence-electron chi connectivity index (χ4n) is 7.59. The van der Waals surface area contributed by atoms with Gasteiger partial charge in [-0.3, -0.25) is 14.4 Å². The summed E-state index contributed by atoms with van der Waals surface area (Å²) in [6.07, 6.45) is 7.56. The van der Waals surface area contributed by atoms with E-state index in [-0.39, 0.29) is 29.7 Å². The van der Waals surface area contributed by atoms with E-state index in [1.807, 2.05) is 52.4 Å². The van der Waals surface area contributed by atoms with Gasteiger partial charge in [0.2, 0.25) is 5.91 Å². The van der Waals surface area contributed by atoms with Gasteiger partial charge in [0, 0.05) is 61.6 Å². The summed E-state index contributed by atoms with van der Waals surface area (Å²) in [5.41, 5.74) is 5.16. The number of piperidine rings is 1. The first-order chi connectivity index (χ1) is 19.5. The predicted octanol–water partition coefficient (Wildman–Crippen LogP) is 3.87. The number of carbonyl (C=O) groups is 3. The van der Waals surface area contributed by atoms with Gasteiger partial charge in [-0.25, -0.2) is 0 Å². The number of anilines is 3. The van der Waals surface area contributed by atoms with Crippen LogP contribution >= 0.6 is 0 Å². The number of hydrogen-bond acceptors (Lipinski definition) is 6. The summed E-state index contributed by atoms with van der Waals surface area (Å²) >= 11 is 0. The SMILES string of the molecule is O=C1Nc2cc3c(cc2N2C1=CNC=C2C1CCOCC1)C1CC2(CCN(c4ccccc4)C2=O)CCN1C3=O. The van der Waals surface area contributed by atoms with E-state index in [4.69, 9.17) is 4.74 Å². The summed E-state index contributed by atoms with van der Waals surface area (Å²) in [6.45, 7) is 2.63. The third kappa shape index (κ3) is 3.33. The number of ether oxygens (including phenoxy) is 1. The first-order valence-electron chi connectivity index (χ1n) is 14.3. The van der Waals surface area contributed by atoms with Crippen LogP contribution < -0.4 is 20.4 Å². The van der Waals surface area contributed by atoms with Crippen molar-refractivity contribution in [1.29, 1.82) is 0 Å². The molecular weight excluding hydrogens is 506 g/mol. The highest BCUT2D eigenvalue weighted by Gasteiger charge is 2.55. The number of allylic oxidation sites excluding steroid dienone is 1. The van der Waals surface area contributed by atoms with Crippen LogP contribution in [0.25, 0.3) is 0 Å². The molecule has 9 nitrogen and oxygen atoms in total. The van der Waals surface area contributed by atoms with E-state index >= 15 is 0 Å². The molecule has 1 spiro atoms. The summed E-state index contributed by atoms with van der Waals surface area (Å²) < 4.78 is 5.60. The molecule has 6 aliphatic rings. The summed E-state index contributed by atoms with van der Waals surface area (Å²) in [5.74, 6) is 0.214. The van der Waals surface area contributed by atoms with Crippen molar-refractivity contribution in [2.75, 3.05) is 41.4 Å². The van der Waals surface area contributed by atoms with Gasteiger partial charge in [-0.2, -0.15) is 0 Å². The molecule has 0 aromatic heterocycles. The molecule has 2 atom stereocenters. The standard InChI is InChI=1S/C31H31N5O4/c37-28-27-18-32-17-26(19-6-12-40-13-7-19)36(27)24-15-21-22(14-23(24)33-28)29(38)35-11-9-31(16-25(21)35)8-10-34(30(31)39)20-4-2-1-3-5-20/h1-5,14-15,17-19,25,32H,6-13,16H2,(H,33,37). The maximum Gasteiger partial charge on any atom is 0.274 e. The van der Waals surface area contributed by atoms with Crippen molar-refractivity contribution >= 4 is 34.8 Å². The largest absolute Gasteiger partial charge is 0.381 e. The monoisotopic (exact) mass is 537 g/mol. The summed E-state index contributed by atoms with van der Waals surface area (Å²) in [4.78, 5) is 46.6. The molecule has 40 heavy (non-hydrogen) atoms. The molecule has 2 aromatic rings. The molecular formula is C31H31N5O4. The third-order valence-electron chi connectivity index (χ3n) is 9.70. The van der Waals surface area contributed by atoms with E-state index in [0.717, 1.165) is 41.9 Å². The normalized spacial score (nSPS) is 27.4. The minimum absolute atomic E-state index is 0.0147. The zero-order valence-corrected chi connectivity index (χ0v) is 22.2. The smallest absolute Gasteiger partial charge is 0.274 e. The molecule has 3 fully saturated rings. The minimum atomic E-state index is -0.476. The molecule has 8 rings (SSSR count). The lowest BCUT2D eigenvalue weighted by Crippen LogP contribution is -2.45. The van der Waals surface area contributed by atoms with Crippen molar-refractivity contribution in [2.45, 2.75) is 38.1 Å². The van der Waals surface area contributed by atoms with Crippen LogP contribution in [0.4, 0.5) is 17.1 Å². The molecule has 3 saturated heterocycles. The Morgan fingerprint density at radius 2 is 1.75 bits per heavy atom. The Morgan fingerprint density at radius 1 is 0.950 bits per heavy atom. The predicted molar refractivity (Wildman–Crippen MR) is 149 cm³/mol. The lowest BCUT2D eigenvalue weighted by atomic mass is 9.73. The first kappa shape index (κ1) is 23.7. The highest BCUT2D eigenvalue weighted by molar-refractivity contribution is 6.14. The van der Waals surface area contributed by atoms with Gasteiger partial charge in [0.15, 0.2) is 0 Å². The fraction of sp³-hybridized carbons (Fsp3) is 0.387. The average Bonchev–Trinajstić information content (AvgIpc) is 3.45. The van der Waals surface area contributed by atoms with Crippen LogP contribution in [0.2, 0.25) is 0 Å². The molecule has 0 aliphatic carbocycles. The number of para-hydroxylation sites is 1. The fourth-order valence-corrected chi connectivity index (χ4v) is 7.59. The zero-order chi connectivity index (χ0) is 27.0. The quantitative estimate of drug-likeness (QED) is 0.604. The van der Waals surface area contributed by atoms with Crippen LogP contribution in [0.1, 0.15) is 54.1 Å². The van der Waals surface area contributed by atoms with E-state index in [1.54, 1.807) is 6.20 Å². The highest BCUT2D eigenvalue weighted by atomic mass is 16.5. The average molecular weight is 538 g/mol. The Bertz CT molecular complexity index is 1510. The van der Waals surface area contributed by atoms with Crippen LogP contribution in [0.5, 0.6) is 0 Å². The maximum atomic E-state index is 13.9.